The topological polar surface area (TPSA) is 51.2 Å². The van der Waals surface area contributed by atoms with Gasteiger partial charge in [-0.3, -0.25) is 0 Å². The number of nitrogens with one attached hydrogen (secondary N) is 1. The fourth-order valence-electron chi connectivity index (χ4n) is 5.37. The maximum atomic E-state index is 6.08. The molecule has 0 unspecified atom stereocenters. The third-order valence-corrected chi connectivity index (χ3v) is 7.53. The molecule has 0 amide bonds. The molecule has 0 bridgehead atoms. The average molecular weight is 529 g/mol. The van der Waals surface area contributed by atoms with Crippen molar-refractivity contribution in [2.24, 2.45) is 0 Å². The highest BCUT2D eigenvalue weighted by molar-refractivity contribution is 6.05. The Morgan fingerprint density at radius 2 is 0.951 bits per heavy atom. The van der Waals surface area contributed by atoms with Gasteiger partial charge in [0.15, 0.2) is 5.58 Å². The Hall–Kier alpha value is -5.61. The van der Waals surface area contributed by atoms with Crippen LogP contribution < -0.4 is 5.32 Å². The Bertz CT molecular complexity index is 2120. The van der Waals surface area contributed by atoms with Crippen molar-refractivity contribution in [3.05, 3.63) is 140 Å². The van der Waals surface area contributed by atoms with E-state index in [4.69, 9.17) is 8.83 Å². The largest absolute Gasteiger partial charge is 0.456 e. The lowest BCUT2D eigenvalue weighted by Gasteiger charge is -2.09. The molecule has 2 heterocycles. The van der Waals surface area contributed by atoms with Crippen molar-refractivity contribution in [2.45, 2.75) is 0 Å². The van der Waals surface area contributed by atoms with Crippen molar-refractivity contribution in [2.75, 3.05) is 5.32 Å². The molecule has 1 N–H and O–H groups in total. The van der Waals surface area contributed by atoms with Gasteiger partial charge in [-0.2, -0.15) is 0 Å². The van der Waals surface area contributed by atoms with Gasteiger partial charge < -0.3 is 14.2 Å². The van der Waals surface area contributed by atoms with Crippen LogP contribution in [0.25, 0.3) is 66.7 Å². The van der Waals surface area contributed by atoms with Crippen molar-refractivity contribution in [3.63, 3.8) is 0 Å². The van der Waals surface area contributed by atoms with Crippen LogP contribution >= 0.6 is 0 Å². The summed E-state index contributed by atoms with van der Waals surface area (Å²) >= 11 is 0. The zero-order valence-corrected chi connectivity index (χ0v) is 22.0. The summed E-state index contributed by atoms with van der Waals surface area (Å²) in [4.78, 5) is 4.60. The summed E-state index contributed by atoms with van der Waals surface area (Å²) in [7, 11) is 0. The summed E-state index contributed by atoms with van der Waals surface area (Å²) in [5.74, 6) is 0.637. The molecule has 4 heteroatoms. The molecule has 0 saturated heterocycles. The lowest BCUT2D eigenvalue weighted by atomic mass is 10.0. The Morgan fingerprint density at radius 1 is 0.415 bits per heavy atom. The van der Waals surface area contributed by atoms with Crippen LogP contribution in [0.1, 0.15) is 0 Å². The predicted molar refractivity (Wildman–Crippen MR) is 167 cm³/mol. The highest BCUT2D eigenvalue weighted by atomic mass is 16.3. The van der Waals surface area contributed by atoms with Crippen molar-refractivity contribution in [3.8, 4) is 33.7 Å². The molecule has 0 spiro atoms. The second kappa shape index (κ2) is 9.54. The maximum absolute atomic E-state index is 6.08. The van der Waals surface area contributed by atoms with Crippen molar-refractivity contribution >= 4 is 44.4 Å². The molecular formula is C37H24N2O2. The maximum Gasteiger partial charge on any atom is 0.227 e. The first kappa shape index (κ1) is 23.3. The zero-order valence-electron chi connectivity index (χ0n) is 22.0. The second-order valence-electron chi connectivity index (χ2n) is 10.2. The van der Waals surface area contributed by atoms with E-state index in [-0.39, 0.29) is 0 Å². The van der Waals surface area contributed by atoms with E-state index >= 15 is 0 Å². The van der Waals surface area contributed by atoms with Crippen LogP contribution in [-0.4, -0.2) is 4.98 Å². The SMILES string of the molecule is c1ccc2oc(-c3ccc(-c4ccc(Nc5ccc(-c6ccc7c(c6)oc6ccccc67)cc5)cc4)cc3)nc2c1. The third kappa shape index (κ3) is 4.32. The summed E-state index contributed by atoms with van der Waals surface area (Å²) in [5, 5.41) is 5.81. The van der Waals surface area contributed by atoms with Crippen LogP contribution in [0.5, 0.6) is 0 Å². The smallest absolute Gasteiger partial charge is 0.227 e. The van der Waals surface area contributed by atoms with E-state index in [1.165, 1.54) is 0 Å². The molecule has 0 saturated carbocycles. The summed E-state index contributed by atoms with van der Waals surface area (Å²) < 4.78 is 12.0. The Balaban J connectivity index is 0.970. The van der Waals surface area contributed by atoms with Gasteiger partial charge in [0.2, 0.25) is 5.89 Å². The molecule has 0 aliphatic carbocycles. The Morgan fingerprint density at radius 3 is 1.66 bits per heavy atom. The van der Waals surface area contributed by atoms with Crippen molar-refractivity contribution < 1.29 is 8.83 Å². The molecule has 0 atom stereocenters. The van der Waals surface area contributed by atoms with Gasteiger partial charge in [0, 0.05) is 27.7 Å². The molecule has 0 radical (unpaired) electrons. The minimum absolute atomic E-state index is 0.637. The van der Waals surface area contributed by atoms with Crippen molar-refractivity contribution in [1.29, 1.82) is 0 Å². The van der Waals surface area contributed by atoms with E-state index in [0.29, 0.717) is 5.89 Å². The fraction of sp³-hybridized carbons (Fsp3) is 0. The van der Waals surface area contributed by atoms with Gasteiger partial charge in [-0.15, -0.1) is 0 Å². The number of para-hydroxylation sites is 3. The Kier molecular flexibility index (Phi) is 5.42. The number of benzene rings is 6. The molecule has 2 aromatic heterocycles. The van der Waals surface area contributed by atoms with E-state index in [0.717, 1.165) is 72.2 Å². The van der Waals surface area contributed by atoms with Crippen LogP contribution in [0.3, 0.4) is 0 Å². The minimum atomic E-state index is 0.637. The summed E-state index contributed by atoms with van der Waals surface area (Å²) in [6.07, 6.45) is 0. The predicted octanol–water partition coefficient (Wildman–Crippen LogP) is 10.5. The summed E-state index contributed by atoms with van der Waals surface area (Å²) in [6.45, 7) is 0. The summed E-state index contributed by atoms with van der Waals surface area (Å²) in [6, 6.07) is 47.7. The molecule has 0 aliphatic rings. The highest BCUT2D eigenvalue weighted by Gasteiger charge is 2.10. The lowest BCUT2D eigenvalue weighted by Crippen LogP contribution is -1.90. The van der Waals surface area contributed by atoms with Gasteiger partial charge in [-0.05, 0) is 89.0 Å². The molecular weight excluding hydrogens is 504 g/mol. The first-order chi connectivity index (χ1) is 20.3. The standard InChI is InChI=1S/C37H24N2O2/c1-3-7-34-31(5-1)32-22-17-28(23-36(32)40-34)26-15-20-30(21-16-26)38-29-18-13-25(14-19-29)24-9-11-27(12-10-24)37-39-33-6-2-4-8-35(33)41-37/h1-23,38H. The number of oxazole rings is 1. The zero-order chi connectivity index (χ0) is 27.2. The Labute approximate surface area is 236 Å². The number of hydrogen-bond acceptors (Lipinski definition) is 4. The van der Waals surface area contributed by atoms with E-state index < -0.39 is 0 Å². The molecule has 8 rings (SSSR count). The fourth-order valence-corrected chi connectivity index (χ4v) is 5.37. The van der Waals surface area contributed by atoms with Crippen LogP contribution in [0.2, 0.25) is 0 Å². The van der Waals surface area contributed by atoms with Crippen LogP contribution in [0, 0.1) is 0 Å². The number of anilines is 2. The second-order valence-corrected chi connectivity index (χ2v) is 10.2. The normalized spacial score (nSPS) is 11.4. The van der Waals surface area contributed by atoms with Gasteiger partial charge >= 0.3 is 0 Å². The van der Waals surface area contributed by atoms with Gasteiger partial charge in [0.05, 0.1) is 0 Å². The molecule has 0 aliphatic heterocycles. The minimum Gasteiger partial charge on any atom is -0.456 e. The molecule has 4 nitrogen and oxygen atoms in total. The molecule has 0 fully saturated rings. The van der Waals surface area contributed by atoms with E-state index in [9.17, 15) is 0 Å². The number of rotatable bonds is 5. The van der Waals surface area contributed by atoms with Crippen LogP contribution in [0.15, 0.2) is 148 Å². The number of fused-ring (bicyclic) bond motifs is 4. The molecule has 6 aromatic carbocycles. The number of aromatic nitrogens is 1. The lowest BCUT2D eigenvalue weighted by molar-refractivity contribution is 0.620. The number of furan rings is 1. The van der Waals surface area contributed by atoms with Crippen LogP contribution in [0.4, 0.5) is 11.4 Å². The quantitative estimate of drug-likeness (QED) is 0.241. The first-order valence-corrected chi connectivity index (χ1v) is 13.6. The summed E-state index contributed by atoms with van der Waals surface area (Å²) in [5.41, 5.74) is 11.1. The first-order valence-electron chi connectivity index (χ1n) is 13.6. The number of nitrogens with zero attached hydrogens (tertiary/aromatic N) is 1. The van der Waals surface area contributed by atoms with Gasteiger partial charge in [0.25, 0.3) is 0 Å². The average Bonchev–Trinajstić information content (AvgIpc) is 3.63. The van der Waals surface area contributed by atoms with Gasteiger partial charge in [-0.25, -0.2) is 4.98 Å². The molecule has 41 heavy (non-hydrogen) atoms. The molecule has 194 valence electrons. The van der Waals surface area contributed by atoms with Gasteiger partial charge in [-0.1, -0.05) is 72.8 Å². The highest BCUT2D eigenvalue weighted by Crippen LogP contribution is 2.33. The van der Waals surface area contributed by atoms with E-state index in [2.05, 4.69) is 107 Å². The van der Waals surface area contributed by atoms with Gasteiger partial charge in [0.1, 0.15) is 16.7 Å². The van der Waals surface area contributed by atoms with E-state index in [1.807, 2.05) is 42.5 Å². The van der Waals surface area contributed by atoms with Crippen molar-refractivity contribution in [1.82, 2.24) is 4.98 Å². The molecule has 8 aromatic rings. The number of hydrogen-bond donors (Lipinski definition) is 1. The monoisotopic (exact) mass is 528 g/mol. The van der Waals surface area contributed by atoms with E-state index in [1.54, 1.807) is 0 Å². The third-order valence-electron chi connectivity index (χ3n) is 7.53. The van der Waals surface area contributed by atoms with Crippen LogP contribution in [-0.2, 0) is 0 Å².